The van der Waals surface area contributed by atoms with Crippen LogP contribution < -0.4 is 5.32 Å². The molecule has 28 heavy (non-hydrogen) atoms. The summed E-state index contributed by atoms with van der Waals surface area (Å²) < 4.78 is 0. The van der Waals surface area contributed by atoms with Crippen LogP contribution in [0.2, 0.25) is 0 Å². The molecule has 0 spiro atoms. The van der Waals surface area contributed by atoms with Gasteiger partial charge in [0.2, 0.25) is 5.91 Å². The van der Waals surface area contributed by atoms with Crippen molar-refractivity contribution in [3.8, 4) is 0 Å². The molecule has 0 aliphatic carbocycles. The molecule has 0 aromatic heterocycles. The number of hydrogen-bond donors (Lipinski definition) is 1. The van der Waals surface area contributed by atoms with E-state index in [4.69, 9.17) is 0 Å². The van der Waals surface area contributed by atoms with E-state index in [9.17, 15) is 14.4 Å². The van der Waals surface area contributed by atoms with Gasteiger partial charge in [0.05, 0.1) is 17.0 Å². The van der Waals surface area contributed by atoms with Crippen LogP contribution >= 0.6 is 0 Å². The van der Waals surface area contributed by atoms with Crippen molar-refractivity contribution in [1.82, 2.24) is 4.90 Å². The van der Waals surface area contributed by atoms with Crippen molar-refractivity contribution in [2.24, 2.45) is 0 Å². The highest BCUT2D eigenvalue weighted by Gasteiger charge is 2.33. The van der Waals surface area contributed by atoms with Crippen LogP contribution in [0.1, 0.15) is 37.8 Å². The van der Waals surface area contributed by atoms with Crippen LogP contribution in [-0.2, 0) is 4.79 Å². The van der Waals surface area contributed by atoms with Crippen molar-refractivity contribution >= 4 is 23.4 Å². The molecule has 0 radical (unpaired) electrons. The Bertz CT molecular complexity index is 1020. The van der Waals surface area contributed by atoms with E-state index in [0.717, 1.165) is 16.0 Å². The molecule has 0 atom stereocenters. The topological polar surface area (TPSA) is 66.5 Å². The summed E-state index contributed by atoms with van der Waals surface area (Å²) in [5.41, 5.74) is 2.89. The van der Waals surface area contributed by atoms with Gasteiger partial charge < -0.3 is 5.32 Å². The molecular weight excluding hydrogens is 352 g/mol. The number of nitrogens with one attached hydrogen (secondary N) is 1. The Balaban J connectivity index is 1.66. The SMILES string of the molecule is CN1C(=O)c2ccc(NC(=O)C(c3ccccc3)c3ccccc3)cc2C1=O. The summed E-state index contributed by atoms with van der Waals surface area (Å²) in [7, 11) is 1.45. The van der Waals surface area contributed by atoms with Gasteiger partial charge in [-0.1, -0.05) is 60.7 Å². The van der Waals surface area contributed by atoms with E-state index < -0.39 is 5.92 Å². The lowest BCUT2D eigenvalue weighted by atomic mass is 9.90. The highest BCUT2D eigenvalue weighted by Crippen LogP contribution is 2.28. The van der Waals surface area contributed by atoms with Crippen molar-refractivity contribution in [3.63, 3.8) is 0 Å². The van der Waals surface area contributed by atoms with Gasteiger partial charge >= 0.3 is 0 Å². The molecule has 0 fully saturated rings. The standard InChI is InChI=1S/C23H18N2O3/c1-25-22(27)18-13-12-17(14-19(18)23(25)28)24-21(26)20(15-8-4-2-5-9-15)16-10-6-3-7-11-16/h2-14,20H,1H3,(H,24,26). The predicted molar refractivity (Wildman–Crippen MR) is 106 cm³/mol. The van der Waals surface area contributed by atoms with Gasteiger partial charge in [0, 0.05) is 12.7 Å². The summed E-state index contributed by atoms with van der Waals surface area (Å²) in [5, 5.41) is 2.90. The van der Waals surface area contributed by atoms with Crippen molar-refractivity contribution in [1.29, 1.82) is 0 Å². The van der Waals surface area contributed by atoms with Gasteiger partial charge in [0.1, 0.15) is 0 Å². The van der Waals surface area contributed by atoms with Crippen molar-refractivity contribution < 1.29 is 14.4 Å². The van der Waals surface area contributed by atoms with Crippen molar-refractivity contribution in [2.75, 3.05) is 12.4 Å². The number of fused-ring (bicyclic) bond motifs is 1. The van der Waals surface area contributed by atoms with Gasteiger partial charge in [-0.3, -0.25) is 19.3 Å². The van der Waals surface area contributed by atoms with Crippen LogP contribution in [-0.4, -0.2) is 29.7 Å². The summed E-state index contributed by atoms with van der Waals surface area (Å²) in [6, 6.07) is 23.8. The van der Waals surface area contributed by atoms with Crippen LogP contribution in [0.15, 0.2) is 78.9 Å². The lowest BCUT2D eigenvalue weighted by Crippen LogP contribution is -2.24. The van der Waals surface area contributed by atoms with E-state index in [1.54, 1.807) is 18.2 Å². The summed E-state index contributed by atoms with van der Waals surface area (Å²) in [4.78, 5) is 38.5. The Kier molecular flexibility index (Phi) is 4.49. The smallest absolute Gasteiger partial charge is 0.261 e. The van der Waals surface area contributed by atoms with E-state index in [1.165, 1.54) is 7.05 Å². The number of carbonyl (C=O) groups excluding carboxylic acids is 3. The van der Waals surface area contributed by atoms with Gasteiger partial charge in [0.25, 0.3) is 11.8 Å². The quantitative estimate of drug-likeness (QED) is 0.713. The molecule has 1 aliphatic rings. The third kappa shape index (κ3) is 3.07. The first-order chi connectivity index (χ1) is 13.6. The van der Waals surface area contributed by atoms with Crippen molar-refractivity contribution in [3.05, 3.63) is 101 Å². The largest absolute Gasteiger partial charge is 0.325 e. The Morgan fingerprint density at radius 3 is 1.89 bits per heavy atom. The molecule has 0 saturated carbocycles. The van der Waals surface area contributed by atoms with Gasteiger partial charge in [-0.15, -0.1) is 0 Å². The molecule has 5 nitrogen and oxygen atoms in total. The third-order valence-electron chi connectivity index (χ3n) is 4.89. The fourth-order valence-corrected chi connectivity index (χ4v) is 3.44. The number of anilines is 1. The molecule has 1 heterocycles. The molecule has 3 aromatic carbocycles. The van der Waals surface area contributed by atoms with E-state index in [1.807, 2.05) is 60.7 Å². The highest BCUT2D eigenvalue weighted by atomic mass is 16.2. The second-order valence-electron chi connectivity index (χ2n) is 6.67. The average molecular weight is 370 g/mol. The summed E-state index contributed by atoms with van der Waals surface area (Å²) >= 11 is 0. The normalized spacial score (nSPS) is 13.0. The fraction of sp³-hybridized carbons (Fsp3) is 0.0870. The van der Waals surface area contributed by atoms with Crippen LogP contribution in [0.5, 0.6) is 0 Å². The minimum Gasteiger partial charge on any atom is -0.325 e. The Morgan fingerprint density at radius 1 is 0.786 bits per heavy atom. The molecule has 3 aromatic rings. The Labute approximate surface area is 162 Å². The molecule has 138 valence electrons. The zero-order chi connectivity index (χ0) is 19.7. The van der Waals surface area contributed by atoms with Gasteiger partial charge in [0.15, 0.2) is 0 Å². The number of rotatable bonds is 4. The first-order valence-corrected chi connectivity index (χ1v) is 8.93. The number of carbonyl (C=O) groups is 3. The maximum atomic E-state index is 13.2. The fourth-order valence-electron chi connectivity index (χ4n) is 3.44. The first kappa shape index (κ1) is 17.7. The zero-order valence-electron chi connectivity index (χ0n) is 15.3. The van der Waals surface area contributed by atoms with E-state index in [-0.39, 0.29) is 17.7 Å². The maximum absolute atomic E-state index is 13.2. The molecule has 5 heteroatoms. The monoisotopic (exact) mass is 370 g/mol. The zero-order valence-corrected chi connectivity index (χ0v) is 15.3. The molecule has 4 rings (SSSR count). The lowest BCUT2D eigenvalue weighted by Gasteiger charge is -2.18. The number of hydrogen-bond acceptors (Lipinski definition) is 3. The van der Waals surface area contributed by atoms with Gasteiger partial charge in [-0.2, -0.15) is 0 Å². The van der Waals surface area contributed by atoms with Crippen LogP contribution in [0.4, 0.5) is 5.69 Å². The second kappa shape index (κ2) is 7.12. The molecule has 0 saturated heterocycles. The van der Waals surface area contributed by atoms with Crippen LogP contribution in [0.25, 0.3) is 0 Å². The summed E-state index contributed by atoms with van der Waals surface area (Å²) in [6.07, 6.45) is 0. The van der Waals surface area contributed by atoms with Gasteiger partial charge in [-0.25, -0.2) is 0 Å². The molecule has 0 unspecified atom stereocenters. The molecule has 1 N–H and O–H groups in total. The molecule has 1 aliphatic heterocycles. The Morgan fingerprint density at radius 2 is 1.32 bits per heavy atom. The Hall–Kier alpha value is -3.73. The summed E-state index contributed by atoms with van der Waals surface area (Å²) in [5.74, 6) is -1.39. The number of amides is 3. The molecular formula is C23H18N2O3. The molecule has 0 bridgehead atoms. The summed E-state index contributed by atoms with van der Waals surface area (Å²) in [6.45, 7) is 0. The van der Waals surface area contributed by atoms with Crippen LogP contribution in [0, 0.1) is 0 Å². The average Bonchev–Trinajstić information content (AvgIpc) is 2.94. The predicted octanol–water partition coefficient (Wildman–Crippen LogP) is 3.68. The molecule has 3 amide bonds. The van der Waals surface area contributed by atoms with E-state index in [0.29, 0.717) is 16.8 Å². The minimum atomic E-state index is -0.490. The minimum absolute atomic E-state index is 0.206. The van der Waals surface area contributed by atoms with E-state index in [2.05, 4.69) is 5.32 Å². The highest BCUT2D eigenvalue weighted by molar-refractivity contribution is 6.21. The number of nitrogens with zero attached hydrogens (tertiary/aromatic N) is 1. The lowest BCUT2D eigenvalue weighted by molar-refractivity contribution is -0.116. The number of benzene rings is 3. The van der Waals surface area contributed by atoms with Gasteiger partial charge in [-0.05, 0) is 29.3 Å². The van der Waals surface area contributed by atoms with Crippen molar-refractivity contribution in [2.45, 2.75) is 5.92 Å². The third-order valence-corrected chi connectivity index (χ3v) is 4.89. The first-order valence-electron chi connectivity index (χ1n) is 8.93. The second-order valence-corrected chi connectivity index (χ2v) is 6.67. The van der Waals surface area contributed by atoms with E-state index >= 15 is 0 Å². The number of imide groups is 1. The van der Waals surface area contributed by atoms with Crippen LogP contribution in [0.3, 0.4) is 0 Å². The maximum Gasteiger partial charge on any atom is 0.261 e.